The third kappa shape index (κ3) is 14.8. The van der Waals surface area contributed by atoms with Crippen LogP contribution in [0.4, 0.5) is 17.3 Å². The molecule has 2 saturated heterocycles. The number of aromatic nitrogens is 3. The lowest BCUT2D eigenvalue weighted by Gasteiger charge is -2.37. The SMILES string of the molecule is Cc1ncsc1-c1ccc([C@@H](C)NC(=O)[C@H]2C[C@H](O)CN2C(=O)[C@H](NC(=O)CCCCCCCNC(=O)CC(=O)Nc2cccc(Sc3ncc(N4CCC(C)(N)CC4)nc3N)c2Cl)C(C)(C)C)cc1. The Bertz CT molecular complexity index is 2470. The molecule has 0 bridgehead atoms. The number of anilines is 3. The molecule has 2 aliphatic heterocycles. The zero-order valence-corrected chi connectivity index (χ0v) is 43.4. The third-order valence-electron chi connectivity index (χ3n) is 12.7. The number of halogens is 1. The molecular weight excluding hydrogens is 950 g/mol. The van der Waals surface area contributed by atoms with E-state index in [0.29, 0.717) is 40.8 Å². The molecule has 0 aliphatic carbocycles. The van der Waals surface area contributed by atoms with Gasteiger partial charge in [-0.1, -0.05) is 93.7 Å². The molecule has 20 heteroatoms. The van der Waals surface area contributed by atoms with E-state index < -0.39 is 41.3 Å². The fraction of sp³-hybridized carbons (Fsp3) is 0.520. The molecule has 4 aromatic rings. The van der Waals surface area contributed by atoms with Gasteiger partial charge in [0.25, 0.3) is 0 Å². The number of carbonyl (C=O) groups is 5. The van der Waals surface area contributed by atoms with E-state index >= 15 is 0 Å². The van der Waals surface area contributed by atoms with Crippen molar-refractivity contribution < 1.29 is 29.1 Å². The summed E-state index contributed by atoms with van der Waals surface area (Å²) < 4.78 is 0. The van der Waals surface area contributed by atoms with Crippen LogP contribution >= 0.6 is 34.7 Å². The minimum Gasteiger partial charge on any atom is -0.391 e. The average Bonchev–Trinajstić information content (AvgIpc) is 3.92. The van der Waals surface area contributed by atoms with Crippen molar-refractivity contribution in [3.05, 3.63) is 70.5 Å². The van der Waals surface area contributed by atoms with Gasteiger partial charge in [0.1, 0.15) is 29.3 Å². The maximum atomic E-state index is 14.1. The molecular formula is C50H68ClN11O6S2. The zero-order valence-electron chi connectivity index (χ0n) is 41.0. The van der Waals surface area contributed by atoms with Crippen molar-refractivity contribution in [2.75, 3.05) is 42.1 Å². The second-order valence-electron chi connectivity index (χ2n) is 19.8. The Hall–Kier alpha value is -5.34. The second-order valence-corrected chi connectivity index (χ2v) is 22.0. The van der Waals surface area contributed by atoms with Crippen LogP contribution < -0.4 is 37.6 Å². The van der Waals surface area contributed by atoms with Crippen molar-refractivity contribution in [1.29, 1.82) is 0 Å². The fourth-order valence-electron chi connectivity index (χ4n) is 8.47. The van der Waals surface area contributed by atoms with Crippen molar-refractivity contribution in [2.24, 2.45) is 11.1 Å². The van der Waals surface area contributed by atoms with Gasteiger partial charge in [-0.05, 0) is 75.1 Å². The number of rotatable bonds is 20. The molecule has 2 fully saturated rings. The normalized spacial score (nSPS) is 17.7. The first-order chi connectivity index (χ1) is 33.2. The molecule has 4 atom stereocenters. The molecule has 2 aromatic carbocycles. The number of nitrogen functional groups attached to an aromatic ring is 1. The van der Waals surface area contributed by atoms with Crippen LogP contribution in [0.25, 0.3) is 10.4 Å². The summed E-state index contributed by atoms with van der Waals surface area (Å²) in [6, 6.07) is 11.0. The highest BCUT2D eigenvalue weighted by atomic mass is 35.5. The Balaban J connectivity index is 0.871. The Morgan fingerprint density at radius 3 is 2.34 bits per heavy atom. The molecule has 0 unspecified atom stereocenters. The number of aryl methyl sites for hydroxylation is 1. The van der Waals surface area contributed by atoms with Crippen molar-refractivity contribution >= 4 is 81.6 Å². The van der Waals surface area contributed by atoms with Gasteiger partial charge in [0.05, 0.1) is 45.1 Å². The van der Waals surface area contributed by atoms with E-state index in [0.717, 1.165) is 66.9 Å². The molecule has 0 spiro atoms. The standard InChI is InChI=1S/C50H68ClN11O6S2/c1-30(32-16-18-33(19-17-32)43-31(2)56-29-69-43)57-46(67)36-25-34(63)28-62(36)48(68)44(49(3,4)5)60-39(64)15-10-8-7-9-11-22-54-40(65)26-41(66)58-35-13-12-14-37(42(35)51)70-47-45(52)59-38(27-55-47)61-23-20-50(6,53)21-24-61/h12-14,16-19,27,29-30,34,36,44,63H,7-11,15,20-26,28,53H2,1-6H3,(H2,52,59)(H,54,65)(H,57,67)(H,58,66)(H,60,64)/t30-,34+,36-,44+/m1/s1. The van der Waals surface area contributed by atoms with Crippen molar-refractivity contribution in [1.82, 2.24) is 35.8 Å². The number of unbranched alkanes of at least 4 members (excludes halogenated alkanes) is 4. The number of hydrogen-bond donors (Lipinski definition) is 7. The van der Waals surface area contributed by atoms with Gasteiger partial charge in [0.15, 0.2) is 5.82 Å². The highest BCUT2D eigenvalue weighted by Gasteiger charge is 2.44. The second kappa shape index (κ2) is 24.2. The van der Waals surface area contributed by atoms with Gasteiger partial charge < -0.3 is 47.6 Å². The highest BCUT2D eigenvalue weighted by molar-refractivity contribution is 7.99. The largest absolute Gasteiger partial charge is 0.391 e. The summed E-state index contributed by atoms with van der Waals surface area (Å²) in [5.41, 5.74) is 16.8. The number of likely N-dealkylation sites (tertiary alicyclic amines) is 1. The number of aliphatic hydroxyl groups is 1. The van der Waals surface area contributed by atoms with Crippen LogP contribution in [0.2, 0.25) is 5.02 Å². The Labute approximate surface area is 424 Å². The summed E-state index contributed by atoms with van der Waals surface area (Å²) in [6.45, 7) is 13.4. The number of nitrogens with zero attached hydrogens (tertiary/aromatic N) is 5. The first-order valence-electron chi connectivity index (χ1n) is 24.0. The Morgan fingerprint density at radius 2 is 1.67 bits per heavy atom. The van der Waals surface area contributed by atoms with E-state index in [2.05, 4.69) is 48.0 Å². The van der Waals surface area contributed by atoms with Crippen LogP contribution in [-0.4, -0.2) is 104 Å². The minimum absolute atomic E-state index is 0.00731. The summed E-state index contributed by atoms with van der Waals surface area (Å²) in [6.07, 6.45) is 6.11. The van der Waals surface area contributed by atoms with Crippen LogP contribution in [0.5, 0.6) is 0 Å². The lowest BCUT2D eigenvalue weighted by Crippen LogP contribution is -2.57. The topological polar surface area (TPSA) is 251 Å². The number of piperidine rings is 1. The van der Waals surface area contributed by atoms with Gasteiger partial charge >= 0.3 is 0 Å². The van der Waals surface area contributed by atoms with E-state index in [9.17, 15) is 29.1 Å². The van der Waals surface area contributed by atoms with Gasteiger partial charge in [-0.25, -0.2) is 15.0 Å². The molecule has 4 heterocycles. The smallest absolute Gasteiger partial charge is 0.246 e. The lowest BCUT2D eigenvalue weighted by molar-refractivity contribution is -0.144. The monoisotopic (exact) mass is 1020 g/mol. The van der Waals surface area contributed by atoms with Gasteiger partial charge in [0.2, 0.25) is 29.5 Å². The average molecular weight is 1020 g/mol. The Kier molecular flexibility index (Phi) is 18.7. The predicted molar refractivity (Wildman–Crippen MR) is 276 cm³/mol. The predicted octanol–water partition coefficient (Wildman–Crippen LogP) is 6.77. The van der Waals surface area contributed by atoms with Crippen LogP contribution in [0.15, 0.2) is 64.1 Å². The van der Waals surface area contributed by atoms with E-state index in [1.165, 1.54) is 16.7 Å². The molecule has 6 rings (SSSR count). The number of nitrogens with one attached hydrogen (secondary N) is 4. The maximum absolute atomic E-state index is 14.1. The van der Waals surface area contributed by atoms with Gasteiger partial charge in [-0.3, -0.25) is 24.0 Å². The molecule has 2 aromatic heterocycles. The number of thiazole rings is 1. The van der Waals surface area contributed by atoms with Crippen LogP contribution in [-0.2, 0) is 24.0 Å². The molecule has 9 N–H and O–H groups in total. The summed E-state index contributed by atoms with van der Waals surface area (Å²) in [4.78, 5) is 85.0. The highest BCUT2D eigenvalue weighted by Crippen LogP contribution is 2.39. The minimum atomic E-state index is -0.911. The van der Waals surface area contributed by atoms with Crippen LogP contribution in [0, 0.1) is 12.3 Å². The summed E-state index contributed by atoms with van der Waals surface area (Å²) in [5, 5.41) is 22.9. The number of β-amino-alcohol motifs (C(OH)–C–C–N with tert-alkyl or cyclic N) is 1. The molecule has 17 nitrogen and oxygen atoms in total. The van der Waals surface area contributed by atoms with E-state index in [-0.39, 0.29) is 60.0 Å². The molecule has 0 radical (unpaired) electrons. The third-order valence-corrected chi connectivity index (χ3v) is 15.3. The van der Waals surface area contributed by atoms with Crippen LogP contribution in [0.1, 0.15) is 116 Å². The number of nitrogens with two attached hydrogens (primary N) is 2. The van der Waals surface area contributed by atoms with E-state index in [1.807, 2.05) is 64.4 Å². The number of benzene rings is 2. The van der Waals surface area contributed by atoms with Gasteiger partial charge in [0, 0.05) is 49.5 Å². The van der Waals surface area contributed by atoms with E-state index in [1.54, 1.807) is 35.7 Å². The van der Waals surface area contributed by atoms with Crippen molar-refractivity contribution in [3.8, 4) is 10.4 Å². The molecule has 2 aliphatic rings. The molecule has 5 amide bonds. The Morgan fingerprint density at radius 1 is 0.971 bits per heavy atom. The number of amides is 5. The number of hydrogen-bond acceptors (Lipinski definition) is 14. The first kappa shape index (κ1) is 54.0. The van der Waals surface area contributed by atoms with Crippen LogP contribution in [0.3, 0.4) is 0 Å². The maximum Gasteiger partial charge on any atom is 0.246 e. The summed E-state index contributed by atoms with van der Waals surface area (Å²) >= 11 is 9.48. The number of aliphatic hydroxyl groups excluding tert-OH is 1. The quantitative estimate of drug-likeness (QED) is 0.0357. The zero-order chi connectivity index (χ0) is 50.8. The van der Waals surface area contributed by atoms with Gasteiger partial charge in [-0.2, -0.15) is 0 Å². The molecule has 0 saturated carbocycles. The summed E-state index contributed by atoms with van der Waals surface area (Å²) in [7, 11) is 0. The molecule has 378 valence electrons. The molecule has 70 heavy (non-hydrogen) atoms. The van der Waals surface area contributed by atoms with Gasteiger partial charge in [-0.15, -0.1) is 11.3 Å². The van der Waals surface area contributed by atoms with E-state index in [4.69, 9.17) is 23.1 Å². The summed E-state index contributed by atoms with van der Waals surface area (Å²) in [5.74, 6) is -1.01. The van der Waals surface area contributed by atoms with Crippen molar-refractivity contribution in [3.63, 3.8) is 0 Å². The number of carbonyl (C=O) groups excluding carboxylic acids is 5. The van der Waals surface area contributed by atoms with Crippen molar-refractivity contribution in [2.45, 2.75) is 145 Å². The fourth-order valence-corrected chi connectivity index (χ4v) is 10.4. The first-order valence-corrected chi connectivity index (χ1v) is 26.0. The lowest BCUT2D eigenvalue weighted by atomic mass is 9.85.